The standard InChI is InChI=1S/C22H19ClN2O3/c1-28-20-10-8-15(9-11-20)14-24-21(26)16-4-2-5-17(12-16)22(27)25-19-7-3-6-18(23)13-19/h2-13H,14H2,1H3,(H,24,26)(H,25,27). The average molecular weight is 395 g/mol. The van der Waals surface area contributed by atoms with E-state index < -0.39 is 0 Å². The van der Waals surface area contributed by atoms with E-state index in [9.17, 15) is 9.59 Å². The quantitative estimate of drug-likeness (QED) is 0.645. The van der Waals surface area contributed by atoms with Crippen molar-refractivity contribution in [1.29, 1.82) is 0 Å². The number of nitrogens with one attached hydrogen (secondary N) is 2. The van der Waals surface area contributed by atoms with Crippen molar-refractivity contribution in [3.05, 3.63) is 94.5 Å². The van der Waals surface area contributed by atoms with Crippen LogP contribution in [-0.2, 0) is 6.54 Å². The normalized spacial score (nSPS) is 10.2. The van der Waals surface area contributed by atoms with Crippen LogP contribution in [0.1, 0.15) is 26.3 Å². The van der Waals surface area contributed by atoms with E-state index in [1.54, 1.807) is 55.6 Å². The summed E-state index contributed by atoms with van der Waals surface area (Å²) in [6, 6.07) is 20.9. The average Bonchev–Trinajstić information content (AvgIpc) is 2.72. The molecule has 0 saturated carbocycles. The molecule has 2 N–H and O–H groups in total. The minimum Gasteiger partial charge on any atom is -0.497 e. The highest BCUT2D eigenvalue weighted by Gasteiger charge is 2.11. The Hall–Kier alpha value is -3.31. The molecule has 0 spiro atoms. The molecular formula is C22H19ClN2O3. The molecule has 0 aromatic heterocycles. The second-order valence-electron chi connectivity index (χ2n) is 6.08. The Balaban J connectivity index is 1.64. The molecule has 142 valence electrons. The van der Waals surface area contributed by atoms with Crippen LogP contribution >= 0.6 is 11.6 Å². The van der Waals surface area contributed by atoms with E-state index >= 15 is 0 Å². The van der Waals surface area contributed by atoms with Gasteiger partial charge in [0.15, 0.2) is 0 Å². The summed E-state index contributed by atoms with van der Waals surface area (Å²) in [6.45, 7) is 0.377. The lowest BCUT2D eigenvalue weighted by Gasteiger charge is -2.09. The van der Waals surface area contributed by atoms with Crippen molar-refractivity contribution in [3.63, 3.8) is 0 Å². The van der Waals surface area contributed by atoms with E-state index in [-0.39, 0.29) is 11.8 Å². The molecule has 0 atom stereocenters. The third kappa shape index (κ3) is 5.11. The summed E-state index contributed by atoms with van der Waals surface area (Å²) < 4.78 is 5.12. The molecule has 0 unspecified atom stereocenters. The third-order valence-corrected chi connectivity index (χ3v) is 4.32. The minimum absolute atomic E-state index is 0.256. The molecule has 0 radical (unpaired) electrons. The number of anilines is 1. The van der Waals surface area contributed by atoms with Gasteiger partial charge in [0, 0.05) is 28.4 Å². The van der Waals surface area contributed by atoms with Crippen LogP contribution in [-0.4, -0.2) is 18.9 Å². The lowest BCUT2D eigenvalue weighted by Crippen LogP contribution is -2.23. The second kappa shape index (κ2) is 9.06. The maximum absolute atomic E-state index is 12.4. The number of ether oxygens (including phenoxy) is 1. The van der Waals surface area contributed by atoms with Crippen molar-refractivity contribution in [2.75, 3.05) is 12.4 Å². The molecule has 2 amide bonds. The van der Waals surface area contributed by atoms with Gasteiger partial charge < -0.3 is 15.4 Å². The van der Waals surface area contributed by atoms with Gasteiger partial charge in [-0.2, -0.15) is 0 Å². The number of amides is 2. The van der Waals surface area contributed by atoms with Gasteiger partial charge in [-0.1, -0.05) is 35.9 Å². The first-order chi connectivity index (χ1) is 13.5. The van der Waals surface area contributed by atoms with E-state index in [4.69, 9.17) is 16.3 Å². The van der Waals surface area contributed by atoms with E-state index in [2.05, 4.69) is 10.6 Å². The summed E-state index contributed by atoms with van der Waals surface area (Å²) >= 11 is 5.93. The fraction of sp³-hybridized carbons (Fsp3) is 0.0909. The monoisotopic (exact) mass is 394 g/mol. The number of benzene rings is 3. The van der Waals surface area contributed by atoms with Gasteiger partial charge in [-0.15, -0.1) is 0 Å². The summed E-state index contributed by atoms with van der Waals surface area (Å²) in [6.07, 6.45) is 0. The third-order valence-electron chi connectivity index (χ3n) is 4.08. The highest BCUT2D eigenvalue weighted by Crippen LogP contribution is 2.16. The Morgan fingerprint density at radius 3 is 2.25 bits per heavy atom. The molecule has 0 saturated heterocycles. The zero-order valence-corrected chi connectivity index (χ0v) is 16.0. The van der Waals surface area contributed by atoms with Crippen molar-refractivity contribution in [3.8, 4) is 5.75 Å². The van der Waals surface area contributed by atoms with E-state index in [1.807, 2.05) is 24.3 Å². The Labute approximate surface area is 168 Å². The summed E-state index contributed by atoms with van der Waals surface area (Å²) in [5.41, 5.74) is 2.33. The summed E-state index contributed by atoms with van der Waals surface area (Å²) in [5.74, 6) is 0.189. The predicted molar refractivity (Wildman–Crippen MR) is 110 cm³/mol. The number of methoxy groups -OCH3 is 1. The highest BCUT2D eigenvalue weighted by molar-refractivity contribution is 6.31. The van der Waals surface area contributed by atoms with Gasteiger partial charge in [-0.05, 0) is 54.1 Å². The van der Waals surface area contributed by atoms with Crippen LogP contribution in [0.4, 0.5) is 5.69 Å². The van der Waals surface area contributed by atoms with Gasteiger partial charge >= 0.3 is 0 Å². The largest absolute Gasteiger partial charge is 0.497 e. The van der Waals surface area contributed by atoms with Crippen molar-refractivity contribution in [1.82, 2.24) is 5.32 Å². The van der Waals surface area contributed by atoms with Crippen LogP contribution in [0.3, 0.4) is 0 Å². The first kappa shape index (κ1) is 19.5. The van der Waals surface area contributed by atoms with E-state index in [1.165, 1.54) is 0 Å². The van der Waals surface area contributed by atoms with Gasteiger partial charge in [0.1, 0.15) is 5.75 Å². The number of carbonyl (C=O) groups is 2. The van der Waals surface area contributed by atoms with Crippen LogP contribution in [0.15, 0.2) is 72.8 Å². The van der Waals surface area contributed by atoms with Crippen molar-refractivity contribution in [2.24, 2.45) is 0 Å². The minimum atomic E-state index is -0.313. The highest BCUT2D eigenvalue weighted by atomic mass is 35.5. The fourth-order valence-electron chi connectivity index (χ4n) is 2.60. The van der Waals surface area contributed by atoms with Crippen LogP contribution in [0.5, 0.6) is 5.75 Å². The van der Waals surface area contributed by atoms with Gasteiger partial charge in [0.2, 0.25) is 0 Å². The number of carbonyl (C=O) groups excluding carboxylic acids is 2. The molecule has 28 heavy (non-hydrogen) atoms. The maximum Gasteiger partial charge on any atom is 0.255 e. The number of halogens is 1. The van der Waals surface area contributed by atoms with Crippen LogP contribution in [0.2, 0.25) is 5.02 Å². The first-order valence-electron chi connectivity index (χ1n) is 8.63. The molecule has 6 heteroatoms. The summed E-state index contributed by atoms with van der Waals surface area (Å²) in [7, 11) is 1.60. The Morgan fingerprint density at radius 2 is 1.57 bits per heavy atom. The zero-order chi connectivity index (χ0) is 19.9. The Bertz CT molecular complexity index is 987. The topological polar surface area (TPSA) is 67.4 Å². The summed E-state index contributed by atoms with van der Waals surface area (Å²) in [5, 5.41) is 6.15. The molecule has 3 aromatic rings. The molecule has 0 aliphatic heterocycles. The second-order valence-corrected chi connectivity index (χ2v) is 6.51. The maximum atomic E-state index is 12.4. The molecule has 0 heterocycles. The van der Waals surface area contributed by atoms with Crippen molar-refractivity contribution < 1.29 is 14.3 Å². The van der Waals surface area contributed by atoms with E-state index in [0.29, 0.717) is 28.4 Å². The Morgan fingerprint density at radius 1 is 0.893 bits per heavy atom. The molecule has 0 aliphatic rings. The van der Waals surface area contributed by atoms with Gasteiger partial charge in [0.05, 0.1) is 7.11 Å². The SMILES string of the molecule is COc1ccc(CNC(=O)c2cccc(C(=O)Nc3cccc(Cl)c3)c2)cc1. The van der Waals surface area contributed by atoms with Gasteiger partial charge in [-0.3, -0.25) is 9.59 Å². The van der Waals surface area contributed by atoms with E-state index in [0.717, 1.165) is 11.3 Å². The molecule has 0 fully saturated rings. The summed E-state index contributed by atoms with van der Waals surface area (Å²) in [4.78, 5) is 24.9. The lowest BCUT2D eigenvalue weighted by molar-refractivity contribution is 0.0951. The van der Waals surface area contributed by atoms with Crippen LogP contribution in [0, 0.1) is 0 Å². The van der Waals surface area contributed by atoms with Crippen molar-refractivity contribution in [2.45, 2.75) is 6.54 Å². The molecule has 3 aromatic carbocycles. The lowest BCUT2D eigenvalue weighted by atomic mass is 10.1. The first-order valence-corrected chi connectivity index (χ1v) is 9.01. The smallest absolute Gasteiger partial charge is 0.255 e. The number of hydrogen-bond donors (Lipinski definition) is 2. The fourth-order valence-corrected chi connectivity index (χ4v) is 2.79. The molecule has 3 rings (SSSR count). The molecular weight excluding hydrogens is 376 g/mol. The number of rotatable bonds is 6. The van der Waals surface area contributed by atoms with Gasteiger partial charge in [-0.25, -0.2) is 0 Å². The predicted octanol–water partition coefficient (Wildman–Crippen LogP) is 4.53. The zero-order valence-electron chi connectivity index (χ0n) is 15.2. The molecule has 0 aliphatic carbocycles. The van der Waals surface area contributed by atoms with Crippen LogP contribution in [0.25, 0.3) is 0 Å². The molecule has 5 nitrogen and oxygen atoms in total. The number of hydrogen-bond acceptors (Lipinski definition) is 3. The van der Waals surface area contributed by atoms with Gasteiger partial charge in [0.25, 0.3) is 11.8 Å². The van der Waals surface area contributed by atoms with Crippen LogP contribution < -0.4 is 15.4 Å². The Kier molecular flexibility index (Phi) is 6.29. The van der Waals surface area contributed by atoms with Crippen molar-refractivity contribution >= 4 is 29.1 Å². The molecule has 0 bridgehead atoms.